The van der Waals surface area contributed by atoms with Gasteiger partial charge in [0.2, 0.25) is 0 Å². The van der Waals surface area contributed by atoms with Crippen LogP contribution in [0.2, 0.25) is 0 Å². The van der Waals surface area contributed by atoms with E-state index in [4.69, 9.17) is 4.98 Å². The molecule has 3 heterocycles. The van der Waals surface area contributed by atoms with Crippen molar-refractivity contribution in [3.05, 3.63) is 94.7 Å². The van der Waals surface area contributed by atoms with Crippen LogP contribution in [0.5, 0.6) is 0 Å². The molecule has 5 heteroatoms. The molecule has 1 saturated heterocycles. The Morgan fingerprint density at radius 3 is 1.97 bits per heavy atom. The zero-order chi connectivity index (χ0) is 19.5. The summed E-state index contributed by atoms with van der Waals surface area (Å²) in [7, 11) is 0. The Morgan fingerprint density at radius 2 is 1.38 bits per heavy atom. The summed E-state index contributed by atoms with van der Waals surface area (Å²) in [6, 6.07) is 26.3. The van der Waals surface area contributed by atoms with Gasteiger partial charge in [-0.25, -0.2) is 4.98 Å². The second-order valence-electron chi connectivity index (χ2n) is 7.24. The lowest BCUT2D eigenvalue weighted by Gasteiger charge is -2.39. The van der Waals surface area contributed by atoms with E-state index in [-0.39, 0.29) is 0 Å². The Kier molecular flexibility index (Phi) is 5.43. The number of nitrogens with zero attached hydrogens (tertiary/aromatic N) is 3. The van der Waals surface area contributed by atoms with Crippen LogP contribution in [0.4, 0.5) is 5.13 Å². The number of benzene rings is 2. The fourth-order valence-corrected chi connectivity index (χ4v) is 5.64. The first-order chi connectivity index (χ1) is 14.4. The highest BCUT2D eigenvalue weighted by Crippen LogP contribution is 2.33. The van der Waals surface area contributed by atoms with E-state index in [1.807, 2.05) is 0 Å². The minimum absolute atomic E-state index is 0.303. The van der Waals surface area contributed by atoms with Gasteiger partial charge in [-0.2, -0.15) is 0 Å². The molecule has 0 amide bonds. The minimum Gasteiger partial charge on any atom is -0.346 e. The van der Waals surface area contributed by atoms with E-state index in [1.165, 1.54) is 16.0 Å². The Balaban J connectivity index is 1.33. The van der Waals surface area contributed by atoms with Crippen LogP contribution in [0.25, 0.3) is 10.6 Å². The van der Waals surface area contributed by atoms with Crippen LogP contribution < -0.4 is 4.90 Å². The highest BCUT2D eigenvalue weighted by atomic mass is 32.1. The summed E-state index contributed by atoms with van der Waals surface area (Å²) in [6.45, 7) is 4.08. The maximum Gasteiger partial charge on any atom is 0.185 e. The van der Waals surface area contributed by atoms with E-state index < -0.39 is 0 Å². The number of rotatable bonds is 5. The summed E-state index contributed by atoms with van der Waals surface area (Å²) in [5, 5.41) is 5.44. The third kappa shape index (κ3) is 3.99. The minimum atomic E-state index is 0.303. The molecule has 1 aliphatic heterocycles. The molecule has 2 aromatic carbocycles. The van der Waals surface area contributed by atoms with Gasteiger partial charge in [0, 0.05) is 31.6 Å². The first kappa shape index (κ1) is 18.6. The number of hydrogen-bond donors (Lipinski definition) is 0. The van der Waals surface area contributed by atoms with Crippen molar-refractivity contribution in [3.63, 3.8) is 0 Å². The van der Waals surface area contributed by atoms with Crippen molar-refractivity contribution >= 4 is 27.8 Å². The molecule has 2 aromatic heterocycles. The molecule has 0 radical (unpaired) electrons. The van der Waals surface area contributed by atoms with Crippen molar-refractivity contribution in [1.29, 1.82) is 0 Å². The van der Waals surface area contributed by atoms with Crippen LogP contribution in [0.1, 0.15) is 17.2 Å². The molecule has 146 valence electrons. The molecule has 4 aromatic rings. The summed E-state index contributed by atoms with van der Waals surface area (Å²) >= 11 is 3.51. The topological polar surface area (TPSA) is 19.4 Å². The Labute approximate surface area is 179 Å². The van der Waals surface area contributed by atoms with Gasteiger partial charge in [0.25, 0.3) is 0 Å². The lowest BCUT2D eigenvalue weighted by Crippen LogP contribution is -2.48. The van der Waals surface area contributed by atoms with Crippen molar-refractivity contribution in [2.75, 3.05) is 31.1 Å². The summed E-state index contributed by atoms with van der Waals surface area (Å²) < 4.78 is 0. The van der Waals surface area contributed by atoms with Crippen LogP contribution >= 0.6 is 22.7 Å². The Bertz CT molecular complexity index is 981. The molecule has 3 nitrogen and oxygen atoms in total. The number of aromatic nitrogens is 1. The largest absolute Gasteiger partial charge is 0.346 e. The predicted molar refractivity (Wildman–Crippen MR) is 124 cm³/mol. The molecular formula is C24H23N3S2. The van der Waals surface area contributed by atoms with Gasteiger partial charge in [-0.3, -0.25) is 4.90 Å². The number of anilines is 1. The Hall–Kier alpha value is -2.47. The van der Waals surface area contributed by atoms with Crippen LogP contribution in [0.15, 0.2) is 83.6 Å². The van der Waals surface area contributed by atoms with Crippen molar-refractivity contribution in [2.24, 2.45) is 0 Å². The SMILES string of the molecule is c1ccc(C(c2ccccc2)N2CCN(c3nc(-c4cccs4)cs3)CC2)cc1. The van der Waals surface area contributed by atoms with Crippen LogP contribution in [-0.4, -0.2) is 36.1 Å². The van der Waals surface area contributed by atoms with Gasteiger partial charge in [-0.05, 0) is 22.6 Å². The third-order valence-corrected chi connectivity index (χ3v) is 7.24. The molecule has 0 spiro atoms. The normalized spacial score (nSPS) is 15.1. The fraction of sp³-hybridized carbons (Fsp3) is 0.208. The summed E-state index contributed by atoms with van der Waals surface area (Å²) in [5.41, 5.74) is 3.83. The van der Waals surface area contributed by atoms with Gasteiger partial charge in [-0.15, -0.1) is 22.7 Å². The maximum atomic E-state index is 4.90. The van der Waals surface area contributed by atoms with Crippen LogP contribution in [0.3, 0.4) is 0 Å². The smallest absolute Gasteiger partial charge is 0.185 e. The molecule has 0 N–H and O–H groups in total. The molecule has 5 rings (SSSR count). The first-order valence-electron chi connectivity index (χ1n) is 9.97. The molecule has 0 unspecified atom stereocenters. The quantitative estimate of drug-likeness (QED) is 0.410. The molecule has 1 fully saturated rings. The highest BCUT2D eigenvalue weighted by molar-refractivity contribution is 7.16. The van der Waals surface area contributed by atoms with E-state index in [2.05, 4.69) is 93.4 Å². The highest BCUT2D eigenvalue weighted by Gasteiger charge is 2.27. The van der Waals surface area contributed by atoms with E-state index in [0.717, 1.165) is 37.0 Å². The second-order valence-corrected chi connectivity index (χ2v) is 9.02. The monoisotopic (exact) mass is 417 g/mol. The van der Waals surface area contributed by atoms with Crippen molar-refractivity contribution in [3.8, 4) is 10.6 Å². The molecule has 0 atom stereocenters. The summed E-state index contributed by atoms with van der Waals surface area (Å²) in [6.07, 6.45) is 0. The van der Waals surface area contributed by atoms with E-state index in [0.29, 0.717) is 6.04 Å². The number of hydrogen-bond acceptors (Lipinski definition) is 5. The van der Waals surface area contributed by atoms with Crippen LogP contribution in [-0.2, 0) is 0 Å². The third-order valence-electron chi connectivity index (χ3n) is 5.45. The van der Waals surface area contributed by atoms with Crippen LogP contribution in [0, 0.1) is 0 Å². The molecule has 0 aliphatic carbocycles. The van der Waals surface area contributed by atoms with Crippen molar-refractivity contribution in [1.82, 2.24) is 9.88 Å². The van der Waals surface area contributed by atoms with Crippen molar-refractivity contribution < 1.29 is 0 Å². The fourth-order valence-electron chi connectivity index (χ4n) is 4.00. The van der Waals surface area contributed by atoms with E-state index in [9.17, 15) is 0 Å². The lowest BCUT2D eigenvalue weighted by molar-refractivity contribution is 0.212. The van der Waals surface area contributed by atoms with Gasteiger partial charge in [0.1, 0.15) is 0 Å². The average Bonchev–Trinajstić information content (AvgIpc) is 3.48. The lowest BCUT2D eigenvalue weighted by atomic mass is 9.96. The van der Waals surface area contributed by atoms with E-state index in [1.54, 1.807) is 22.7 Å². The first-order valence-corrected chi connectivity index (χ1v) is 11.7. The number of thiophene rings is 1. The van der Waals surface area contributed by atoms with Gasteiger partial charge < -0.3 is 4.90 Å². The van der Waals surface area contributed by atoms with E-state index >= 15 is 0 Å². The number of piperazine rings is 1. The molecule has 0 bridgehead atoms. The molecule has 1 aliphatic rings. The zero-order valence-electron chi connectivity index (χ0n) is 16.1. The van der Waals surface area contributed by atoms with Gasteiger partial charge in [-0.1, -0.05) is 66.7 Å². The van der Waals surface area contributed by atoms with Gasteiger partial charge in [0.05, 0.1) is 16.6 Å². The molecule has 0 saturated carbocycles. The second kappa shape index (κ2) is 8.49. The predicted octanol–water partition coefficient (Wildman–Crippen LogP) is 5.78. The zero-order valence-corrected chi connectivity index (χ0v) is 17.8. The van der Waals surface area contributed by atoms with Gasteiger partial charge >= 0.3 is 0 Å². The summed E-state index contributed by atoms with van der Waals surface area (Å²) in [5.74, 6) is 0. The maximum absolute atomic E-state index is 4.90. The molecular weight excluding hydrogens is 394 g/mol. The van der Waals surface area contributed by atoms with Gasteiger partial charge in [0.15, 0.2) is 5.13 Å². The summed E-state index contributed by atoms with van der Waals surface area (Å²) in [4.78, 5) is 11.2. The molecule has 29 heavy (non-hydrogen) atoms. The Morgan fingerprint density at radius 1 is 0.724 bits per heavy atom. The average molecular weight is 418 g/mol. The standard InChI is InChI=1S/C24H23N3S2/c1-3-8-19(9-4-1)23(20-10-5-2-6-11-20)26-13-15-27(16-14-26)24-25-21(18-29-24)22-12-7-17-28-22/h1-12,17-18,23H,13-16H2. The van der Waals surface area contributed by atoms with Crippen molar-refractivity contribution in [2.45, 2.75) is 6.04 Å². The number of thiazole rings is 1.